The van der Waals surface area contributed by atoms with Crippen molar-refractivity contribution in [1.82, 2.24) is 25.1 Å². The van der Waals surface area contributed by atoms with E-state index in [4.69, 9.17) is 9.84 Å². The Labute approximate surface area is 144 Å². The molecule has 9 heteroatoms. The molecule has 1 aromatic carbocycles. The number of tetrazole rings is 1. The SMILES string of the molecule is Cc1ccc(-c2nnn(CC(=O)N3CCOC(CC(=O)O)C3)n2)cc1. The molecule has 1 amide bonds. The Bertz CT molecular complexity index is 758. The van der Waals surface area contributed by atoms with Crippen LogP contribution < -0.4 is 0 Å². The topological polar surface area (TPSA) is 110 Å². The van der Waals surface area contributed by atoms with Gasteiger partial charge >= 0.3 is 5.97 Å². The highest BCUT2D eigenvalue weighted by Crippen LogP contribution is 2.14. The summed E-state index contributed by atoms with van der Waals surface area (Å²) >= 11 is 0. The zero-order valence-corrected chi connectivity index (χ0v) is 13.8. The fourth-order valence-corrected chi connectivity index (χ4v) is 2.61. The van der Waals surface area contributed by atoms with Crippen molar-refractivity contribution in [3.63, 3.8) is 0 Å². The van der Waals surface area contributed by atoms with Crippen molar-refractivity contribution in [3.8, 4) is 11.4 Å². The van der Waals surface area contributed by atoms with Crippen molar-refractivity contribution >= 4 is 11.9 Å². The van der Waals surface area contributed by atoms with Gasteiger partial charge in [-0.2, -0.15) is 4.80 Å². The summed E-state index contributed by atoms with van der Waals surface area (Å²) in [5, 5.41) is 21.0. The van der Waals surface area contributed by atoms with Crippen molar-refractivity contribution in [1.29, 1.82) is 0 Å². The van der Waals surface area contributed by atoms with Crippen LogP contribution in [0.1, 0.15) is 12.0 Å². The van der Waals surface area contributed by atoms with Crippen molar-refractivity contribution in [2.75, 3.05) is 19.7 Å². The molecule has 0 bridgehead atoms. The molecule has 1 atom stereocenters. The summed E-state index contributed by atoms with van der Waals surface area (Å²) in [4.78, 5) is 26.0. The summed E-state index contributed by atoms with van der Waals surface area (Å²) in [6.45, 7) is 2.95. The molecule has 2 aromatic rings. The number of carbonyl (C=O) groups excluding carboxylic acids is 1. The first-order valence-corrected chi connectivity index (χ1v) is 7.97. The molecule has 0 radical (unpaired) electrons. The predicted molar refractivity (Wildman–Crippen MR) is 86.6 cm³/mol. The van der Waals surface area contributed by atoms with Gasteiger partial charge in [-0.15, -0.1) is 10.2 Å². The summed E-state index contributed by atoms with van der Waals surface area (Å²) in [6.07, 6.45) is -0.606. The highest BCUT2D eigenvalue weighted by molar-refractivity contribution is 5.76. The number of aliphatic carboxylic acids is 1. The number of ether oxygens (including phenoxy) is 1. The van der Waals surface area contributed by atoms with Crippen LogP contribution in [0.5, 0.6) is 0 Å². The average molecular weight is 345 g/mol. The third-order valence-electron chi connectivity index (χ3n) is 3.93. The number of carbonyl (C=O) groups is 2. The normalized spacial score (nSPS) is 17.5. The van der Waals surface area contributed by atoms with Gasteiger partial charge in [0, 0.05) is 18.7 Å². The van der Waals surface area contributed by atoms with Gasteiger partial charge in [-0.1, -0.05) is 29.8 Å². The number of benzene rings is 1. The molecule has 3 rings (SSSR count). The van der Waals surface area contributed by atoms with Gasteiger partial charge in [0.2, 0.25) is 11.7 Å². The minimum Gasteiger partial charge on any atom is -0.481 e. The Hall–Kier alpha value is -2.81. The van der Waals surface area contributed by atoms with E-state index in [1.165, 1.54) is 4.80 Å². The number of amides is 1. The maximum atomic E-state index is 12.4. The zero-order chi connectivity index (χ0) is 17.8. The molecule has 1 aliphatic heterocycles. The number of aromatic nitrogens is 4. The number of carboxylic acid groups (broad SMARTS) is 1. The highest BCUT2D eigenvalue weighted by Gasteiger charge is 2.26. The van der Waals surface area contributed by atoms with Gasteiger partial charge in [0.1, 0.15) is 6.54 Å². The molecule has 1 fully saturated rings. The van der Waals surface area contributed by atoms with Gasteiger partial charge in [-0.3, -0.25) is 9.59 Å². The molecule has 1 aliphatic rings. The standard InChI is InChI=1S/C16H19N5O4/c1-11-2-4-12(5-3-11)16-17-19-21(18-16)10-14(22)20-6-7-25-13(9-20)8-15(23)24/h2-5,13H,6-10H2,1H3,(H,23,24). The molecule has 1 unspecified atom stereocenters. The lowest BCUT2D eigenvalue weighted by Gasteiger charge is -2.32. The summed E-state index contributed by atoms with van der Waals surface area (Å²) in [5.41, 5.74) is 1.96. The van der Waals surface area contributed by atoms with Gasteiger partial charge in [0.25, 0.3) is 0 Å². The van der Waals surface area contributed by atoms with E-state index in [1.807, 2.05) is 31.2 Å². The molecule has 1 saturated heterocycles. The first-order valence-electron chi connectivity index (χ1n) is 7.97. The quantitative estimate of drug-likeness (QED) is 0.832. The first kappa shape index (κ1) is 17.0. The van der Waals surface area contributed by atoms with Crippen LogP contribution in [0.4, 0.5) is 0 Å². The van der Waals surface area contributed by atoms with Gasteiger partial charge < -0.3 is 14.7 Å². The van der Waals surface area contributed by atoms with Crippen molar-refractivity contribution < 1.29 is 19.4 Å². The Morgan fingerprint density at radius 2 is 2.08 bits per heavy atom. The van der Waals surface area contributed by atoms with Gasteiger partial charge in [0.05, 0.1) is 19.1 Å². The van der Waals surface area contributed by atoms with E-state index >= 15 is 0 Å². The monoisotopic (exact) mass is 345 g/mol. The molecular formula is C16H19N5O4. The van der Waals surface area contributed by atoms with Crippen molar-refractivity contribution in [2.45, 2.75) is 26.0 Å². The van der Waals surface area contributed by atoms with Crippen LogP contribution in [0.2, 0.25) is 0 Å². The molecule has 1 aromatic heterocycles. The number of rotatable bonds is 5. The highest BCUT2D eigenvalue weighted by atomic mass is 16.5. The largest absolute Gasteiger partial charge is 0.481 e. The number of carboxylic acids is 1. The number of morpholine rings is 1. The molecule has 25 heavy (non-hydrogen) atoms. The van der Waals surface area contributed by atoms with Gasteiger partial charge in [-0.25, -0.2) is 0 Å². The van der Waals surface area contributed by atoms with E-state index in [9.17, 15) is 9.59 Å². The second kappa shape index (κ2) is 7.39. The molecule has 1 N–H and O–H groups in total. The van der Waals surface area contributed by atoms with E-state index in [2.05, 4.69) is 15.4 Å². The Kier molecular flexibility index (Phi) is 5.03. The minimum atomic E-state index is -0.944. The van der Waals surface area contributed by atoms with Crippen LogP contribution in [0.15, 0.2) is 24.3 Å². The van der Waals surface area contributed by atoms with Gasteiger partial charge in [-0.05, 0) is 12.1 Å². The second-order valence-electron chi connectivity index (χ2n) is 5.94. The van der Waals surface area contributed by atoms with Crippen LogP contribution in [-0.2, 0) is 20.9 Å². The van der Waals surface area contributed by atoms with Crippen molar-refractivity contribution in [2.24, 2.45) is 0 Å². The summed E-state index contributed by atoms with van der Waals surface area (Å²) in [7, 11) is 0. The molecular weight excluding hydrogens is 326 g/mol. The summed E-state index contributed by atoms with van der Waals surface area (Å²) in [5.74, 6) is -0.676. The van der Waals surface area contributed by atoms with Crippen LogP contribution in [-0.4, -0.2) is 67.9 Å². The first-order chi connectivity index (χ1) is 12.0. The summed E-state index contributed by atoms with van der Waals surface area (Å²) < 4.78 is 5.37. The van der Waals surface area contributed by atoms with Crippen LogP contribution in [0, 0.1) is 6.92 Å². The Balaban J connectivity index is 1.61. The van der Waals surface area contributed by atoms with E-state index < -0.39 is 12.1 Å². The number of aryl methyl sites for hydroxylation is 1. The van der Waals surface area contributed by atoms with Crippen LogP contribution in [0.25, 0.3) is 11.4 Å². The fraction of sp³-hybridized carbons (Fsp3) is 0.438. The third-order valence-corrected chi connectivity index (χ3v) is 3.93. The lowest BCUT2D eigenvalue weighted by atomic mass is 10.1. The van der Waals surface area contributed by atoms with Crippen LogP contribution >= 0.6 is 0 Å². The van der Waals surface area contributed by atoms with E-state index in [0.717, 1.165) is 11.1 Å². The molecule has 9 nitrogen and oxygen atoms in total. The smallest absolute Gasteiger partial charge is 0.306 e. The summed E-state index contributed by atoms with van der Waals surface area (Å²) in [6, 6.07) is 7.71. The molecule has 0 spiro atoms. The zero-order valence-electron chi connectivity index (χ0n) is 13.8. The second-order valence-corrected chi connectivity index (χ2v) is 5.94. The number of nitrogens with zero attached hydrogens (tertiary/aromatic N) is 5. The van der Waals surface area contributed by atoms with Crippen molar-refractivity contribution in [3.05, 3.63) is 29.8 Å². The lowest BCUT2D eigenvalue weighted by molar-refractivity contribution is -0.148. The Morgan fingerprint density at radius 1 is 1.32 bits per heavy atom. The van der Waals surface area contributed by atoms with E-state index in [0.29, 0.717) is 19.0 Å². The minimum absolute atomic E-state index is 0.0430. The maximum absolute atomic E-state index is 12.4. The molecule has 132 valence electrons. The third kappa shape index (κ3) is 4.38. The lowest BCUT2D eigenvalue weighted by Crippen LogP contribution is -2.47. The Morgan fingerprint density at radius 3 is 2.80 bits per heavy atom. The number of hydrogen-bond donors (Lipinski definition) is 1. The maximum Gasteiger partial charge on any atom is 0.306 e. The van der Waals surface area contributed by atoms with E-state index in [-0.39, 0.29) is 25.4 Å². The van der Waals surface area contributed by atoms with E-state index in [1.54, 1.807) is 4.90 Å². The molecule has 2 heterocycles. The van der Waals surface area contributed by atoms with Crippen LogP contribution in [0.3, 0.4) is 0 Å². The molecule has 0 saturated carbocycles. The molecule has 0 aliphatic carbocycles. The van der Waals surface area contributed by atoms with Gasteiger partial charge in [0.15, 0.2) is 0 Å². The average Bonchev–Trinajstić information content (AvgIpc) is 3.03. The predicted octanol–water partition coefficient (Wildman–Crippen LogP) is 0.351. The number of hydrogen-bond acceptors (Lipinski definition) is 6. The fourth-order valence-electron chi connectivity index (χ4n) is 2.61.